The Labute approximate surface area is 117 Å². The summed E-state index contributed by atoms with van der Waals surface area (Å²) in [5, 5.41) is 14.7. The van der Waals surface area contributed by atoms with Crippen LogP contribution in [0.15, 0.2) is 12.3 Å². The Morgan fingerprint density at radius 2 is 2.00 bits per heavy atom. The number of nitrogens with zero attached hydrogens (tertiary/aromatic N) is 1. The molecule has 1 amide bonds. The van der Waals surface area contributed by atoms with Gasteiger partial charge < -0.3 is 21.5 Å². The van der Waals surface area contributed by atoms with E-state index >= 15 is 0 Å². The maximum absolute atomic E-state index is 11.9. The van der Waals surface area contributed by atoms with Gasteiger partial charge in [-0.2, -0.15) is 0 Å². The van der Waals surface area contributed by atoms with Gasteiger partial charge in [0.2, 0.25) is 5.91 Å². The molecule has 0 aliphatic rings. The number of hydrogen-bond donors (Lipinski definition) is 4. The predicted molar refractivity (Wildman–Crippen MR) is 76.6 cm³/mol. The number of pyridine rings is 1. The Kier molecular flexibility index (Phi) is 4.54. The van der Waals surface area contributed by atoms with Crippen molar-refractivity contribution in [2.75, 3.05) is 11.1 Å². The van der Waals surface area contributed by atoms with Crippen molar-refractivity contribution >= 4 is 23.4 Å². The van der Waals surface area contributed by atoms with Crippen LogP contribution in [0.3, 0.4) is 0 Å². The van der Waals surface area contributed by atoms with Gasteiger partial charge in [-0.3, -0.25) is 4.79 Å². The van der Waals surface area contributed by atoms with Crippen molar-refractivity contribution < 1.29 is 14.7 Å². The number of carboxylic acids is 1. The third-order valence-electron chi connectivity index (χ3n) is 2.38. The third-order valence-corrected chi connectivity index (χ3v) is 2.38. The quantitative estimate of drug-likeness (QED) is 0.655. The number of nitrogens with one attached hydrogen (secondary N) is 2. The van der Waals surface area contributed by atoms with E-state index in [9.17, 15) is 9.59 Å². The zero-order chi connectivity index (χ0) is 15.5. The number of rotatable bonds is 4. The molecule has 0 fully saturated rings. The molecule has 1 rings (SSSR count). The summed E-state index contributed by atoms with van der Waals surface area (Å²) in [6.45, 7) is 7.22. The van der Waals surface area contributed by atoms with Gasteiger partial charge in [0.1, 0.15) is 17.4 Å². The van der Waals surface area contributed by atoms with Crippen molar-refractivity contribution in [2.45, 2.75) is 39.3 Å². The highest BCUT2D eigenvalue weighted by molar-refractivity contribution is 5.95. The SMILES string of the molecule is CC(Nc1ncc(N)cc1C(=O)O)C(=O)NC(C)(C)C. The number of carbonyl (C=O) groups excluding carboxylic acids is 1. The Hall–Kier alpha value is -2.31. The highest BCUT2D eigenvalue weighted by Crippen LogP contribution is 2.16. The fourth-order valence-electron chi connectivity index (χ4n) is 1.51. The van der Waals surface area contributed by atoms with Crippen molar-refractivity contribution in [1.82, 2.24) is 10.3 Å². The normalized spacial score (nSPS) is 12.6. The molecule has 5 N–H and O–H groups in total. The first kappa shape index (κ1) is 15.7. The molecule has 0 bridgehead atoms. The van der Waals surface area contributed by atoms with E-state index in [1.807, 2.05) is 20.8 Å². The molecule has 7 nitrogen and oxygen atoms in total. The van der Waals surface area contributed by atoms with Crippen LogP contribution >= 0.6 is 0 Å². The number of aromatic nitrogens is 1. The zero-order valence-corrected chi connectivity index (χ0v) is 12.0. The van der Waals surface area contributed by atoms with Crippen LogP contribution in [0, 0.1) is 0 Å². The van der Waals surface area contributed by atoms with Crippen LogP contribution in [0.4, 0.5) is 11.5 Å². The summed E-state index contributed by atoms with van der Waals surface area (Å²) in [5.41, 5.74) is 5.32. The first-order valence-corrected chi connectivity index (χ1v) is 6.17. The minimum absolute atomic E-state index is 0.0691. The van der Waals surface area contributed by atoms with Gasteiger partial charge in [-0.15, -0.1) is 0 Å². The number of carboxylic acid groups (broad SMARTS) is 1. The predicted octanol–water partition coefficient (Wildman–Crippen LogP) is 1.08. The van der Waals surface area contributed by atoms with Gasteiger partial charge in [-0.25, -0.2) is 9.78 Å². The summed E-state index contributed by atoms with van der Waals surface area (Å²) in [7, 11) is 0. The van der Waals surface area contributed by atoms with Crippen LogP contribution < -0.4 is 16.4 Å². The Balaban J connectivity index is 2.88. The number of nitrogen functional groups attached to an aromatic ring is 1. The molecule has 0 aromatic carbocycles. The van der Waals surface area contributed by atoms with Gasteiger partial charge in [0, 0.05) is 5.54 Å². The topological polar surface area (TPSA) is 117 Å². The minimum atomic E-state index is -1.16. The summed E-state index contributed by atoms with van der Waals surface area (Å²) in [6, 6.07) is 0.676. The molecule has 0 aliphatic carbocycles. The second-order valence-corrected chi connectivity index (χ2v) is 5.58. The highest BCUT2D eigenvalue weighted by Gasteiger charge is 2.21. The van der Waals surface area contributed by atoms with E-state index in [1.54, 1.807) is 6.92 Å². The Morgan fingerprint density at radius 1 is 1.40 bits per heavy atom. The number of aromatic carboxylic acids is 1. The van der Waals surface area contributed by atoms with Crippen molar-refractivity contribution in [3.05, 3.63) is 17.8 Å². The molecule has 1 aromatic rings. The monoisotopic (exact) mass is 280 g/mol. The standard InChI is InChI=1S/C13H20N4O3/c1-7(11(18)17-13(2,3)4)16-10-9(12(19)20)5-8(14)6-15-10/h5-7H,14H2,1-4H3,(H,15,16)(H,17,18)(H,19,20). The fraction of sp³-hybridized carbons (Fsp3) is 0.462. The lowest BCUT2D eigenvalue weighted by molar-refractivity contribution is -0.122. The summed E-state index contributed by atoms with van der Waals surface area (Å²) in [4.78, 5) is 27.0. The van der Waals surface area contributed by atoms with E-state index in [1.165, 1.54) is 12.3 Å². The maximum Gasteiger partial charge on any atom is 0.339 e. The first-order chi connectivity index (χ1) is 9.10. The van der Waals surface area contributed by atoms with Gasteiger partial charge in [0.15, 0.2) is 0 Å². The number of carbonyl (C=O) groups is 2. The van der Waals surface area contributed by atoms with Crippen LogP contribution in [-0.4, -0.2) is 33.5 Å². The summed E-state index contributed by atoms with van der Waals surface area (Å²) in [6.07, 6.45) is 1.34. The van der Waals surface area contributed by atoms with E-state index in [-0.39, 0.29) is 28.5 Å². The summed E-state index contributed by atoms with van der Waals surface area (Å²) >= 11 is 0. The van der Waals surface area contributed by atoms with Crippen LogP contribution in [0.2, 0.25) is 0 Å². The molecular formula is C13H20N4O3. The van der Waals surface area contributed by atoms with Gasteiger partial charge in [0.25, 0.3) is 0 Å². The van der Waals surface area contributed by atoms with E-state index in [0.29, 0.717) is 0 Å². The smallest absolute Gasteiger partial charge is 0.339 e. The molecule has 7 heteroatoms. The summed E-state index contributed by atoms with van der Waals surface area (Å²) < 4.78 is 0. The average Bonchev–Trinajstić information content (AvgIpc) is 2.28. The molecule has 0 aliphatic heterocycles. The maximum atomic E-state index is 11.9. The molecule has 1 unspecified atom stereocenters. The fourth-order valence-corrected chi connectivity index (χ4v) is 1.51. The van der Waals surface area contributed by atoms with Crippen LogP contribution in [-0.2, 0) is 4.79 Å². The molecule has 0 saturated heterocycles. The van der Waals surface area contributed by atoms with Crippen LogP contribution in [0.25, 0.3) is 0 Å². The largest absolute Gasteiger partial charge is 0.478 e. The van der Waals surface area contributed by atoms with E-state index in [2.05, 4.69) is 15.6 Å². The van der Waals surface area contributed by atoms with Gasteiger partial charge >= 0.3 is 5.97 Å². The van der Waals surface area contributed by atoms with Gasteiger partial charge in [0.05, 0.1) is 11.9 Å². The lowest BCUT2D eigenvalue weighted by Crippen LogP contribution is -2.47. The van der Waals surface area contributed by atoms with E-state index < -0.39 is 12.0 Å². The molecule has 0 spiro atoms. The number of hydrogen-bond acceptors (Lipinski definition) is 5. The highest BCUT2D eigenvalue weighted by atomic mass is 16.4. The van der Waals surface area contributed by atoms with E-state index in [4.69, 9.17) is 10.8 Å². The number of amides is 1. The van der Waals surface area contributed by atoms with Gasteiger partial charge in [-0.1, -0.05) is 0 Å². The molecule has 1 heterocycles. The summed E-state index contributed by atoms with van der Waals surface area (Å²) in [5.74, 6) is -1.29. The number of anilines is 2. The van der Waals surface area contributed by atoms with E-state index in [0.717, 1.165) is 0 Å². The van der Waals surface area contributed by atoms with Crippen LogP contribution in [0.1, 0.15) is 38.1 Å². The minimum Gasteiger partial charge on any atom is -0.478 e. The Morgan fingerprint density at radius 3 is 2.50 bits per heavy atom. The molecule has 1 aromatic heterocycles. The molecule has 1 atom stereocenters. The van der Waals surface area contributed by atoms with Crippen molar-refractivity contribution in [2.24, 2.45) is 0 Å². The second kappa shape index (κ2) is 5.77. The zero-order valence-electron chi connectivity index (χ0n) is 12.0. The van der Waals surface area contributed by atoms with Crippen molar-refractivity contribution in [1.29, 1.82) is 0 Å². The van der Waals surface area contributed by atoms with Crippen molar-refractivity contribution in [3.8, 4) is 0 Å². The molecular weight excluding hydrogens is 260 g/mol. The van der Waals surface area contributed by atoms with Crippen LogP contribution in [0.5, 0.6) is 0 Å². The molecule has 110 valence electrons. The number of nitrogens with two attached hydrogens (primary N) is 1. The Bertz CT molecular complexity index is 523. The van der Waals surface area contributed by atoms with Gasteiger partial charge in [-0.05, 0) is 33.8 Å². The third kappa shape index (κ3) is 4.42. The lowest BCUT2D eigenvalue weighted by Gasteiger charge is -2.24. The first-order valence-electron chi connectivity index (χ1n) is 6.17. The molecule has 0 saturated carbocycles. The average molecular weight is 280 g/mol. The van der Waals surface area contributed by atoms with Crippen molar-refractivity contribution in [3.63, 3.8) is 0 Å². The second-order valence-electron chi connectivity index (χ2n) is 5.58. The molecule has 0 radical (unpaired) electrons. The lowest BCUT2D eigenvalue weighted by atomic mass is 10.1. The molecule has 20 heavy (non-hydrogen) atoms.